The molecule has 1 unspecified atom stereocenters. The van der Waals surface area contributed by atoms with Crippen LogP contribution in [0.5, 0.6) is 11.6 Å². The number of carbonyl (C=O) groups excluding carboxylic acids is 1. The standard InChI is InChI=1S/C21H22Cl2N2O5/c1-4-29-9-5-8-25-20(27)15(11-24)12(2)18(21(25)28)19(26)13(3)30-17-7-6-14(22)10-16(17)23/h6-7,10,13,28H,4-5,8-9H2,1-3H3. The van der Waals surface area contributed by atoms with Crippen molar-refractivity contribution in [2.24, 2.45) is 0 Å². The van der Waals surface area contributed by atoms with Gasteiger partial charge in [0.15, 0.2) is 6.10 Å². The molecule has 0 saturated heterocycles. The first-order chi connectivity index (χ1) is 14.2. The second-order valence-electron chi connectivity index (χ2n) is 6.52. The number of aromatic hydroxyl groups is 1. The number of aromatic nitrogens is 1. The number of ketones is 1. The van der Waals surface area contributed by atoms with E-state index in [0.717, 1.165) is 4.57 Å². The average Bonchev–Trinajstić information content (AvgIpc) is 2.69. The number of hydrogen-bond acceptors (Lipinski definition) is 6. The van der Waals surface area contributed by atoms with Gasteiger partial charge in [0.05, 0.1) is 10.6 Å². The molecule has 0 aliphatic heterocycles. The summed E-state index contributed by atoms with van der Waals surface area (Å²) in [6.45, 7) is 5.76. The van der Waals surface area contributed by atoms with Crippen LogP contribution in [0.1, 0.15) is 41.8 Å². The van der Waals surface area contributed by atoms with Gasteiger partial charge in [-0.05, 0) is 51.0 Å². The molecule has 0 spiro atoms. The van der Waals surface area contributed by atoms with Gasteiger partial charge in [0.2, 0.25) is 11.7 Å². The molecule has 7 nitrogen and oxygen atoms in total. The topological polar surface area (TPSA) is 102 Å². The molecule has 30 heavy (non-hydrogen) atoms. The van der Waals surface area contributed by atoms with Gasteiger partial charge in [-0.1, -0.05) is 23.2 Å². The lowest BCUT2D eigenvalue weighted by Gasteiger charge is -2.19. The summed E-state index contributed by atoms with van der Waals surface area (Å²) in [4.78, 5) is 25.7. The highest BCUT2D eigenvalue weighted by molar-refractivity contribution is 6.35. The molecule has 1 heterocycles. The zero-order valence-electron chi connectivity index (χ0n) is 16.9. The van der Waals surface area contributed by atoms with E-state index in [1.807, 2.05) is 13.0 Å². The number of rotatable bonds is 9. The second kappa shape index (κ2) is 10.5. The lowest BCUT2D eigenvalue weighted by Crippen LogP contribution is -2.31. The number of carbonyl (C=O) groups is 1. The lowest BCUT2D eigenvalue weighted by molar-refractivity contribution is 0.0812. The van der Waals surface area contributed by atoms with Gasteiger partial charge in [-0.25, -0.2) is 0 Å². The Morgan fingerprint density at radius 3 is 2.67 bits per heavy atom. The van der Waals surface area contributed by atoms with Crippen LogP contribution in [-0.2, 0) is 11.3 Å². The lowest BCUT2D eigenvalue weighted by atomic mass is 9.99. The van der Waals surface area contributed by atoms with Crippen molar-refractivity contribution in [3.8, 4) is 17.7 Å². The van der Waals surface area contributed by atoms with Gasteiger partial charge in [0, 0.05) is 24.8 Å². The zero-order valence-corrected chi connectivity index (χ0v) is 18.4. The Morgan fingerprint density at radius 2 is 2.07 bits per heavy atom. The molecule has 1 aromatic heterocycles. The first-order valence-electron chi connectivity index (χ1n) is 9.33. The molecule has 160 valence electrons. The third-order valence-electron chi connectivity index (χ3n) is 4.49. The Balaban J connectivity index is 2.42. The van der Waals surface area contributed by atoms with Gasteiger partial charge in [-0.2, -0.15) is 5.26 Å². The molecule has 2 rings (SSSR count). The minimum absolute atomic E-state index is 0.0954. The highest BCUT2D eigenvalue weighted by Gasteiger charge is 2.28. The van der Waals surface area contributed by atoms with E-state index in [4.69, 9.17) is 32.7 Å². The van der Waals surface area contributed by atoms with Crippen LogP contribution in [0.25, 0.3) is 0 Å². The maximum absolute atomic E-state index is 13.1. The third kappa shape index (κ3) is 5.14. The van der Waals surface area contributed by atoms with Gasteiger partial charge < -0.3 is 14.6 Å². The van der Waals surface area contributed by atoms with Crippen molar-refractivity contribution in [1.29, 1.82) is 5.26 Å². The molecule has 0 fully saturated rings. The summed E-state index contributed by atoms with van der Waals surface area (Å²) in [5.74, 6) is -0.855. The Labute approximate surface area is 184 Å². The van der Waals surface area contributed by atoms with Crippen molar-refractivity contribution in [3.05, 3.63) is 55.3 Å². The Bertz CT molecular complexity index is 1040. The van der Waals surface area contributed by atoms with Gasteiger partial charge in [0.25, 0.3) is 5.56 Å². The van der Waals surface area contributed by atoms with Crippen LogP contribution in [0.3, 0.4) is 0 Å². The van der Waals surface area contributed by atoms with Crippen molar-refractivity contribution >= 4 is 29.0 Å². The quantitative estimate of drug-likeness (QED) is 0.453. The Hall–Kier alpha value is -2.53. The average molecular weight is 453 g/mol. The molecular formula is C21H22Cl2N2O5. The number of benzene rings is 1. The maximum Gasteiger partial charge on any atom is 0.271 e. The van der Waals surface area contributed by atoms with E-state index in [1.165, 1.54) is 26.0 Å². The van der Waals surface area contributed by atoms with Gasteiger partial charge in [-0.15, -0.1) is 0 Å². The number of nitriles is 1. The van der Waals surface area contributed by atoms with Crippen LogP contribution < -0.4 is 10.3 Å². The summed E-state index contributed by atoms with van der Waals surface area (Å²) in [5, 5.41) is 20.8. The molecule has 2 aromatic rings. The molecule has 1 N–H and O–H groups in total. The van der Waals surface area contributed by atoms with E-state index in [-0.39, 0.29) is 34.0 Å². The molecule has 1 aromatic carbocycles. The second-order valence-corrected chi connectivity index (χ2v) is 7.36. The van der Waals surface area contributed by atoms with Crippen LogP contribution >= 0.6 is 23.2 Å². The summed E-state index contributed by atoms with van der Waals surface area (Å²) in [5.41, 5.74) is -0.900. The number of Topliss-reactive ketones (excluding diaryl/α,β-unsaturated/α-hetero) is 1. The van der Waals surface area contributed by atoms with Crippen molar-refractivity contribution in [2.75, 3.05) is 13.2 Å². The van der Waals surface area contributed by atoms with Gasteiger partial charge >= 0.3 is 0 Å². The van der Waals surface area contributed by atoms with Crippen LogP contribution in [0, 0.1) is 18.3 Å². The van der Waals surface area contributed by atoms with E-state index in [1.54, 1.807) is 6.07 Å². The van der Waals surface area contributed by atoms with Crippen molar-refractivity contribution in [3.63, 3.8) is 0 Å². The Kier molecular flexibility index (Phi) is 8.30. The summed E-state index contributed by atoms with van der Waals surface area (Å²) < 4.78 is 11.9. The van der Waals surface area contributed by atoms with Gasteiger partial charge in [-0.3, -0.25) is 14.2 Å². The Morgan fingerprint density at radius 1 is 1.37 bits per heavy atom. The van der Waals surface area contributed by atoms with Crippen LogP contribution in [0.2, 0.25) is 10.0 Å². The number of pyridine rings is 1. The fourth-order valence-electron chi connectivity index (χ4n) is 2.94. The van der Waals surface area contributed by atoms with Crippen LogP contribution in [-0.4, -0.2) is 34.8 Å². The maximum atomic E-state index is 13.1. The first kappa shape index (κ1) is 23.7. The van der Waals surface area contributed by atoms with Crippen LogP contribution in [0.15, 0.2) is 23.0 Å². The molecule has 0 saturated carbocycles. The smallest absolute Gasteiger partial charge is 0.271 e. The minimum atomic E-state index is -1.05. The fraction of sp³-hybridized carbons (Fsp3) is 0.381. The van der Waals surface area contributed by atoms with Gasteiger partial charge in [0.1, 0.15) is 17.4 Å². The minimum Gasteiger partial charge on any atom is -0.494 e. The summed E-state index contributed by atoms with van der Waals surface area (Å²) in [6.07, 6.45) is -0.621. The molecule has 0 bridgehead atoms. The zero-order chi connectivity index (χ0) is 22.4. The monoisotopic (exact) mass is 452 g/mol. The summed E-state index contributed by atoms with van der Waals surface area (Å²) in [7, 11) is 0. The molecule has 1 atom stereocenters. The SMILES string of the molecule is CCOCCCn1c(O)c(C(=O)C(C)Oc2ccc(Cl)cc2Cl)c(C)c(C#N)c1=O. The molecule has 0 amide bonds. The first-order valence-corrected chi connectivity index (χ1v) is 10.1. The predicted octanol–water partition coefficient (Wildman–Crippen LogP) is 4.12. The molecular weight excluding hydrogens is 431 g/mol. The highest BCUT2D eigenvalue weighted by Crippen LogP contribution is 2.30. The van der Waals surface area contributed by atoms with E-state index < -0.39 is 23.3 Å². The molecule has 0 aliphatic rings. The van der Waals surface area contributed by atoms with Crippen molar-refractivity contribution < 1.29 is 19.4 Å². The normalized spacial score (nSPS) is 11.7. The van der Waals surface area contributed by atoms with E-state index >= 15 is 0 Å². The predicted molar refractivity (Wildman–Crippen MR) is 114 cm³/mol. The largest absolute Gasteiger partial charge is 0.494 e. The van der Waals surface area contributed by atoms with Crippen molar-refractivity contribution in [1.82, 2.24) is 4.57 Å². The van der Waals surface area contributed by atoms with Crippen molar-refractivity contribution in [2.45, 2.75) is 39.8 Å². The molecule has 9 heteroatoms. The molecule has 0 radical (unpaired) electrons. The fourth-order valence-corrected chi connectivity index (χ4v) is 3.39. The van der Waals surface area contributed by atoms with E-state index in [0.29, 0.717) is 24.7 Å². The summed E-state index contributed by atoms with van der Waals surface area (Å²) in [6, 6.07) is 6.39. The molecule has 0 aliphatic carbocycles. The number of hydrogen-bond donors (Lipinski definition) is 1. The summed E-state index contributed by atoms with van der Waals surface area (Å²) >= 11 is 12.0. The number of ether oxygens (including phenoxy) is 2. The third-order valence-corrected chi connectivity index (χ3v) is 5.02. The highest BCUT2D eigenvalue weighted by atomic mass is 35.5. The number of nitrogens with zero attached hydrogens (tertiary/aromatic N) is 2. The van der Waals surface area contributed by atoms with Crippen LogP contribution in [0.4, 0.5) is 0 Å². The van der Waals surface area contributed by atoms with E-state index in [9.17, 15) is 20.0 Å². The van der Waals surface area contributed by atoms with E-state index in [2.05, 4.69) is 0 Å². The number of halogens is 2.